The van der Waals surface area contributed by atoms with Gasteiger partial charge in [0.1, 0.15) is 5.78 Å². The molecule has 0 amide bonds. The van der Waals surface area contributed by atoms with Crippen LogP contribution in [0.1, 0.15) is 126 Å². The molecule has 0 aromatic rings. The van der Waals surface area contributed by atoms with Crippen LogP contribution in [0.2, 0.25) is 0 Å². The van der Waals surface area contributed by atoms with Crippen LogP contribution in [0.4, 0.5) is 0 Å². The van der Waals surface area contributed by atoms with E-state index in [0.29, 0.717) is 35.9 Å². The zero-order valence-corrected chi connectivity index (χ0v) is 30.0. The second kappa shape index (κ2) is 12.3. The molecule has 6 aliphatic rings. The van der Waals surface area contributed by atoms with E-state index in [0.717, 1.165) is 57.8 Å². The van der Waals surface area contributed by atoms with Gasteiger partial charge in [-0.05, 0) is 110 Å². The third-order valence-electron chi connectivity index (χ3n) is 14.4. The first-order valence-corrected chi connectivity index (χ1v) is 18.4. The Morgan fingerprint density at radius 1 is 0.830 bits per heavy atom. The minimum atomic E-state index is -0.931. The highest BCUT2D eigenvalue weighted by Crippen LogP contribution is 2.71. The van der Waals surface area contributed by atoms with Crippen molar-refractivity contribution in [3.8, 4) is 0 Å². The Morgan fingerprint density at radius 3 is 2.19 bits per heavy atom. The summed E-state index contributed by atoms with van der Waals surface area (Å²) in [5.41, 5.74) is 2.22. The van der Waals surface area contributed by atoms with Gasteiger partial charge in [0, 0.05) is 33.1 Å². The van der Waals surface area contributed by atoms with Crippen molar-refractivity contribution in [2.24, 2.45) is 51.2 Å². The van der Waals surface area contributed by atoms with Crippen LogP contribution >= 0.6 is 0 Å². The minimum absolute atomic E-state index is 0.0357. The van der Waals surface area contributed by atoms with E-state index >= 15 is 0 Å². The second-order valence-electron chi connectivity index (χ2n) is 17.7. The molecule has 12 unspecified atom stereocenters. The molecule has 47 heavy (non-hydrogen) atoms. The van der Waals surface area contributed by atoms with Gasteiger partial charge in [-0.3, -0.25) is 19.2 Å². The van der Waals surface area contributed by atoms with E-state index in [4.69, 9.17) is 18.9 Å². The first-order chi connectivity index (χ1) is 22.0. The first-order valence-electron chi connectivity index (χ1n) is 18.4. The summed E-state index contributed by atoms with van der Waals surface area (Å²) >= 11 is 0. The zero-order chi connectivity index (χ0) is 34.1. The van der Waals surface area contributed by atoms with Crippen molar-refractivity contribution < 1.29 is 38.1 Å². The highest BCUT2D eigenvalue weighted by atomic mass is 16.6. The topological polar surface area (TPSA) is 105 Å². The van der Waals surface area contributed by atoms with Crippen LogP contribution in [0.5, 0.6) is 0 Å². The van der Waals surface area contributed by atoms with Crippen molar-refractivity contribution >= 4 is 23.7 Å². The normalized spacial score (nSPS) is 45.6. The molecule has 0 N–H and O–H groups in total. The first kappa shape index (κ1) is 34.6. The number of ketones is 1. The molecule has 0 aromatic heterocycles. The van der Waals surface area contributed by atoms with E-state index in [9.17, 15) is 19.2 Å². The fraction of sp³-hybridized carbons (Fsp3) is 0.846. The summed E-state index contributed by atoms with van der Waals surface area (Å²) in [5, 5.41) is 0. The Hall–Kier alpha value is -2.22. The SMILES string of the molecule is CC(=O)OC1COC(CC23CCC4C(=CCC5C4(C)CCC4C(C)C(=O)CCC45C)C2CC(C)(C)CC3)C(OC(C)=O)C1OC(C)=O. The molecule has 4 saturated carbocycles. The lowest BCUT2D eigenvalue weighted by molar-refractivity contribution is -0.232. The number of allylic oxidation sites excluding steroid dienone is 2. The Bertz CT molecular complexity index is 1320. The molecule has 1 saturated heterocycles. The van der Waals surface area contributed by atoms with E-state index < -0.39 is 42.3 Å². The van der Waals surface area contributed by atoms with E-state index in [2.05, 4.69) is 40.7 Å². The molecular weight excluding hydrogens is 596 g/mol. The second-order valence-corrected chi connectivity index (χ2v) is 17.7. The van der Waals surface area contributed by atoms with Gasteiger partial charge in [-0.25, -0.2) is 0 Å². The molecule has 8 heteroatoms. The number of carbonyl (C=O) groups excluding carboxylic acids is 4. The minimum Gasteiger partial charge on any atom is -0.456 e. The van der Waals surface area contributed by atoms with E-state index in [1.807, 2.05) is 0 Å². The fourth-order valence-electron chi connectivity index (χ4n) is 12.2. The molecule has 6 rings (SSSR count). The van der Waals surface area contributed by atoms with Crippen LogP contribution in [0, 0.1) is 51.2 Å². The van der Waals surface area contributed by atoms with Crippen molar-refractivity contribution in [1.29, 1.82) is 0 Å². The van der Waals surface area contributed by atoms with Crippen molar-refractivity contribution in [3.05, 3.63) is 11.6 Å². The summed E-state index contributed by atoms with van der Waals surface area (Å²) in [6, 6.07) is 0. The van der Waals surface area contributed by atoms with Crippen molar-refractivity contribution in [2.75, 3.05) is 6.61 Å². The molecular formula is C39H58O8. The zero-order valence-electron chi connectivity index (χ0n) is 30.0. The molecule has 262 valence electrons. The van der Waals surface area contributed by atoms with Gasteiger partial charge in [-0.2, -0.15) is 0 Å². The molecule has 1 aliphatic heterocycles. The van der Waals surface area contributed by atoms with E-state index in [1.165, 1.54) is 27.2 Å². The summed E-state index contributed by atoms with van der Waals surface area (Å²) in [5.74, 6) is 1.10. The average molecular weight is 655 g/mol. The van der Waals surface area contributed by atoms with Gasteiger partial charge in [0.2, 0.25) is 0 Å². The molecule has 0 aromatic carbocycles. The monoisotopic (exact) mass is 654 g/mol. The van der Waals surface area contributed by atoms with Gasteiger partial charge >= 0.3 is 17.9 Å². The quantitative estimate of drug-likeness (QED) is 0.175. The van der Waals surface area contributed by atoms with E-state index in [-0.39, 0.29) is 34.2 Å². The van der Waals surface area contributed by atoms with Gasteiger partial charge in [-0.1, -0.05) is 46.3 Å². The third-order valence-corrected chi connectivity index (χ3v) is 14.4. The number of rotatable bonds is 5. The maximum absolute atomic E-state index is 12.8. The van der Waals surface area contributed by atoms with Gasteiger partial charge in [0.25, 0.3) is 0 Å². The predicted molar refractivity (Wildman–Crippen MR) is 176 cm³/mol. The number of hydrogen-bond donors (Lipinski definition) is 0. The van der Waals surface area contributed by atoms with Gasteiger partial charge in [0.15, 0.2) is 18.3 Å². The van der Waals surface area contributed by atoms with Crippen LogP contribution in [0.3, 0.4) is 0 Å². The average Bonchev–Trinajstić information content (AvgIpc) is 2.97. The third kappa shape index (κ3) is 6.01. The lowest BCUT2D eigenvalue weighted by Crippen LogP contribution is -2.61. The predicted octanol–water partition coefficient (Wildman–Crippen LogP) is 7.16. The van der Waals surface area contributed by atoms with Crippen LogP contribution in [-0.2, 0) is 38.1 Å². The summed E-state index contributed by atoms with van der Waals surface area (Å²) in [4.78, 5) is 49.5. The lowest BCUT2D eigenvalue weighted by atomic mass is 9.38. The molecule has 8 nitrogen and oxygen atoms in total. The van der Waals surface area contributed by atoms with Gasteiger partial charge in [-0.15, -0.1) is 0 Å². The smallest absolute Gasteiger partial charge is 0.303 e. The van der Waals surface area contributed by atoms with Crippen molar-refractivity contribution in [2.45, 2.75) is 150 Å². The summed E-state index contributed by atoms with van der Waals surface area (Å²) in [7, 11) is 0. The molecule has 5 aliphatic carbocycles. The Labute approximate surface area is 281 Å². The van der Waals surface area contributed by atoms with Crippen molar-refractivity contribution in [1.82, 2.24) is 0 Å². The van der Waals surface area contributed by atoms with E-state index in [1.54, 1.807) is 5.57 Å². The molecule has 0 radical (unpaired) electrons. The van der Waals surface area contributed by atoms with Crippen LogP contribution < -0.4 is 0 Å². The Balaban J connectivity index is 1.33. The Kier molecular flexibility index (Phi) is 9.05. The number of carbonyl (C=O) groups is 4. The number of Topliss-reactive ketones (excluding diaryl/α,β-unsaturated/α-hetero) is 1. The summed E-state index contributed by atoms with van der Waals surface area (Å²) in [6.07, 6.45) is 10.8. The van der Waals surface area contributed by atoms with Crippen LogP contribution in [0.25, 0.3) is 0 Å². The highest BCUT2D eigenvalue weighted by molar-refractivity contribution is 5.82. The molecule has 1 heterocycles. The van der Waals surface area contributed by atoms with Crippen LogP contribution in [0.15, 0.2) is 11.6 Å². The Morgan fingerprint density at radius 2 is 1.51 bits per heavy atom. The van der Waals surface area contributed by atoms with Crippen molar-refractivity contribution in [3.63, 3.8) is 0 Å². The molecule has 5 fully saturated rings. The van der Waals surface area contributed by atoms with Gasteiger partial charge in [0.05, 0.1) is 12.7 Å². The standard InChI is InChI=1S/C39H58O8/c1-22-27-11-14-38(8)28-12-16-39(20-31-34(46-24(3)41)35(47-25(4)42)32(21-44-31)45-23(2)40)18-17-36(5,6)19-29(39)26(28)9-10-33(38)37(27,7)15-13-30(22)43/h9,22,27-29,31-35H,10-21H2,1-8H3. The summed E-state index contributed by atoms with van der Waals surface area (Å²) in [6.45, 7) is 16.2. The fourth-order valence-corrected chi connectivity index (χ4v) is 12.2. The number of ether oxygens (including phenoxy) is 4. The molecule has 0 spiro atoms. The maximum atomic E-state index is 12.8. The number of hydrogen-bond acceptors (Lipinski definition) is 8. The lowest BCUT2D eigenvalue weighted by Gasteiger charge is -2.66. The highest BCUT2D eigenvalue weighted by Gasteiger charge is 2.64. The molecule has 0 bridgehead atoms. The number of esters is 3. The van der Waals surface area contributed by atoms with Crippen LogP contribution in [-0.4, -0.2) is 54.7 Å². The molecule has 12 atom stereocenters. The number of fused-ring (bicyclic) bond motifs is 7. The summed E-state index contributed by atoms with van der Waals surface area (Å²) < 4.78 is 23.6. The largest absolute Gasteiger partial charge is 0.456 e. The maximum Gasteiger partial charge on any atom is 0.303 e. The van der Waals surface area contributed by atoms with Gasteiger partial charge < -0.3 is 18.9 Å².